The van der Waals surface area contributed by atoms with Gasteiger partial charge in [-0.2, -0.15) is 0 Å². The van der Waals surface area contributed by atoms with Gasteiger partial charge in [0.05, 0.1) is 4.91 Å². The van der Waals surface area contributed by atoms with Crippen LogP contribution in [-0.2, 0) is 9.59 Å². The summed E-state index contributed by atoms with van der Waals surface area (Å²) in [6, 6.07) is 2.84. The van der Waals surface area contributed by atoms with Crippen LogP contribution < -0.4 is 0 Å². The van der Waals surface area contributed by atoms with Crippen LogP contribution in [0.25, 0.3) is 6.08 Å². The average Bonchev–Trinajstić information content (AvgIpc) is 2.55. The molecule has 1 heterocycles. The fraction of sp³-hybridized carbons (Fsp3) is 0.0833. The van der Waals surface area contributed by atoms with E-state index < -0.39 is 30.1 Å². The third kappa shape index (κ3) is 3.20. The Hall–Kier alpha value is -1.80. The van der Waals surface area contributed by atoms with E-state index in [1.54, 1.807) is 0 Å². The molecule has 104 valence electrons. The highest BCUT2D eigenvalue weighted by molar-refractivity contribution is 8.26. The lowest BCUT2D eigenvalue weighted by atomic mass is 10.2. The topological polar surface area (TPSA) is 57.6 Å². The molecule has 8 heteroatoms. The second kappa shape index (κ2) is 5.68. The number of benzene rings is 1. The van der Waals surface area contributed by atoms with Gasteiger partial charge in [-0.25, -0.2) is 8.78 Å². The molecule has 0 atom stereocenters. The van der Waals surface area contributed by atoms with Crippen molar-refractivity contribution in [1.82, 2.24) is 4.90 Å². The van der Waals surface area contributed by atoms with E-state index in [1.165, 1.54) is 6.08 Å². The van der Waals surface area contributed by atoms with Crippen LogP contribution in [0.2, 0.25) is 0 Å². The number of amides is 1. The third-order valence-electron chi connectivity index (χ3n) is 2.35. The first-order chi connectivity index (χ1) is 9.36. The smallest absolute Gasteiger partial charge is 0.323 e. The number of nitrogens with zero attached hydrogens (tertiary/aromatic N) is 1. The number of aliphatic carboxylic acids is 1. The molecule has 0 aromatic heterocycles. The van der Waals surface area contributed by atoms with E-state index in [4.69, 9.17) is 17.3 Å². The number of carbonyl (C=O) groups is 2. The van der Waals surface area contributed by atoms with Gasteiger partial charge in [0, 0.05) is 6.07 Å². The van der Waals surface area contributed by atoms with E-state index in [2.05, 4.69) is 0 Å². The lowest BCUT2D eigenvalue weighted by Gasteiger charge is -2.10. The maximum Gasteiger partial charge on any atom is 0.323 e. The maximum absolute atomic E-state index is 13.0. The molecule has 1 N–H and O–H groups in total. The molecule has 1 aliphatic rings. The highest BCUT2D eigenvalue weighted by Crippen LogP contribution is 2.32. The summed E-state index contributed by atoms with van der Waals surface area (Å²) in [6.45, 7) is -0.542. The van der Waals surface area contributed by atoms with E-state index in [-0.39, 0.29) is 14.8 Å². The number of rotatable bonds is 3. The summed E-state index contributed by atoms with van der Waals surface area (Å²) in [5, 5.41) is 8.68. The van der Waals surface area contributed by atoms with Gasteiger partial charge >= 0.3 is 5.97 Å². The van der Waals surface area contributed by atoms with Gasteiger partial charge in [0.25, 0.3) is 5.91 Å². The molecule has 1 saturated heterocycles. The number of halogens is 2. The van der Waals surface area contributed by atoms with Crippen molar-refractivity contribution in [3.8, 4) is 0 Å². The molecule has 1 aromatic carbocycles. The van der Waals surface area contributed by atoms with Gasteiger partial charge in [0.15, 0.2) is 0 Å². The second-order valence-electron chi connectivity index (χ2n) is 3.86. The first kappa shape index (κ1) is 14.6. The Kier molecular flexibility index (Phi) is 4.15. The molecule has 1 amide bonds. The van der Waals surface area contributed by atoms with E-state index in [0.717, 1.165) is 28.8 Å². The Bertz CT molecular complexity index is 625. The Morgan fingerprint density at radius 3 is 2.50 bits per heavy atom. The monoisotopic (exact) mass is 315 g/mol. The summed E-state index contributed by atoms with van der Waals surface area (Å²) >= 11 is 5.79. The molecule has 4 nitrogen and oxygen atoms in total. The van der Waals surface area contributed by atoms with Gasteiger partial charge in [-0.1, -0.05) is 24.0 Å². The molecule has 1 aliphatic heterocycles. The molecule has 1 fully saturated rings. The fourth-order valence-corrected chi connectivity index (χ4v) is 2.84. The fourth-order valence-electron chi connectivity index (χ4n) is 1.58. The van der Waals surface area contributed by atoms with Gasteiger partial charge < -0.3 is 5.11 Å². The summed E-state index contributed by atoms with van der Waals surface area (Å²) < 4.78 is 26.2. The highest BCUT2D eigenvalue weighted by Gasteiger charge is 2.33. The van der Waals surface area contributed by atoms with E-state index in [1.807, 2.05) is 0 Å². The Morgan fingerprint density at radius 1 is 1.35 bits per heavy atom. The van der Waals surface area contributed by atoms with Crippen LogP contribution >= 0.6 is 24.0 Å². The van der Waals surface area contributed by atoms with Crippen molar-refractivity contribution in [2.24, 2.45) is 0 Å². The zero-order valence-corrected chi connectivity index (χ0v) is 11.4. The molecule has 20 heavy (non-hydrogen) atoms. The minimum atomic E-state index is -1.20. The van der Waals surface area contributed by atoms with Crippen LogP contribution in [-0.4, -0.2) is 32.7 Å². The molecule has 1 aromatic rings. The minimum Gasteiger partial charge on any atom is -0.480 e. The van der Waals surface area contributed by atoms with Crippen molar-refractivity contribution >= 4 is 46.3 Å². The molecule has 0 bridgehead atoms. The molecule has 0 unspecified atom stereocenters. The summed E-state index contributed by atoms with van der Waals surface area (Å²) in [6.07, 6.45) is 1.27. The van der Waals surface area contributed by atoms with E-state index in [9.17, 15) is 18.4 Å². The Morgan fingerprint density at radius 2 is 1.95 bits per heavy atom. The quantitative estimate of drug-likeness (QED) is 0.685. The van der Waals surface area contributed by atoms with Crippen LogP contribution in [0, 0.1) is 11.6 Å². The number of thioether (sulfide) groups is 1. The Labute approximate surface area is 122 Å². The van der Waals surface area contributed by atoms with Crippen molar-refractivity contribution < 1.29 is 23.5 Å². The van der Waals surface area contributed by atoms with Crippen LogP contribution in [0.5, 0.6) is 0 Å². The number of carboxylic acids is 1. The molecule has 0 aliphatic carbocycles. The highest BCUT2D eigenvalue weighted by atomic mass is 32.2. The predicted octanol–water partition coefficient (Wildman–Crippen LogP) is 2.25. The lowest BCUT2D eigenvalue weighted by Crippen LogP contribution is -2.33. The van der Waals surface area contributed by atoms with Crippen molar-refractivity contribution in [3.63, 3.8) is 0 Å². The van der Waals surface area contributed by atoms with Gasteiger partial charge in [-0.15, -0.1) is 0 Å². The lowest BCUT2D eigenvalue weighted by molar-refractivity contribution is -0.140. The van der Waals surface area contributed by atoms with Crippen molar-refractivity contribution in [3.05, 3.63) is 40.3 Å². The standard InChI is InChI=1S/C12H7F2NO3S2/c13-7-1-6(2-8(14)4-7)3-9-11(18)15(5-10(16)17)12(19)20-9/h1-4H,5H2,(H,16,17)/b9-3-. The van der Waals surface area contributed by atoms with Gasteiger partial charge in [0.1, 0.15) is 22.5 Å². The van der Waals surface area contributed by atoms with Crippen LogP contribution in [0.4, 0.5) is 8.78 Å². The van der Waals surface area contributed by atoms with Crippen molar-refractivity contribution in [1.29, 1.82) is 0 Å². The van der Waals surface area contributed by atoms with Gasteiger partial charge in [-0.3, -0.25) is 14.5 Å². The SMILES string of the molecule is O=C(O)CN1C(=O)/C(=C/c2cc(F)cc(F)c2)SC1=S. The summed E-state index contributed by atoms with van der Waals surface area (Å²) in [5.41, 5.74) is 0.165. The number of carbonyl (C=O) groups excluding carboxylic acids is 1. The zero-order valence-electron chi connectivity index (χ0n) is 9.80. The van der Waals surface area contributed by atoms with E-state index in [0.29, 0.717) is 6.07 Å². The summed E-state index contributed by atoms with van der Waals surface area (Å²) in [7, 11) is 0. The molecular weight excluding hydrogens is 308 g/mol. The maximum atomic E-state index is 13.0. The van der Waals surface area contributed by atoms with Crippen molar-refractivity contribution in [2.75, 3.05) is 6.54 Å². The van der Waals surface area contributed by atoms with Gasteiger partial charge in [-0.05, 0) is 23.8 Å². The van der Waals surface area contributed by atoms with E-state index >= 15 is 0 Å². The van der Waals surface area contributed by atoms with Crippen LogP contribution in [0.15, 0.2) is 23.1 Å². The number of carboxylic acid groups (broad SMARTS) is 1. The number of hydrogen-bond acceptors (Lipinski definition) is 4. The van der Waals surface area contributed by atoms with Crippen LogP contribution in [0.1, 0.15) is 5.56 Å². The van der Waals surface area contributed by atoms with Crippen LogP contribution in [0.3, 0.4) is 0 Å². The summed E-state index contributed by atoms with van der Waals surface area (Å²) in [5.74, 6) is -3.32. The molecule has 0 saturated carbocycles. The minimum absolute atomic E-state index is 0.0977. The first-order valence-electron chi connectivity index (χ1n) is 5.30. The average molecular weight is 315 g/mol. The molecule has 0 radical (unpaired) electrons. The van der Waals surface area contributed by atoms with Gasteiger partial charge in [0.2, 0.25) is 0 Å². The third-order valence-corrected chi connectivity index (χ3v) is 3.73. The second-order valence-corrected chi connectivity index (χ2v) is 5.54. The summed E-state index contributed by atoms with van der Waals surface area (Å²) in [4.78, 5) is 23.6. The molecular formula is C12H7F2NO3S2. The molecule has 2 rings (SSSR count). The normalized spacial score (nSPS) is 17.1. The largest absolute Gasteiger partial charge is 0.480 e. The first-order valence-corrected chi connectivity index (χ1v) is 6.52. The Balaban J connectivity index is 2.29. The molecule has 0 spiro atoms. The predicted molar refractivity (Wildman–Crippen MR) is 73.9 cm³/mol. The number of hydrogen-bond donors (Lipinski definition) is 1. The number of thiocarbonyl (C=S) groups is 1. The zero-order chi connectivity index (χ0) is 14.9. The van der Waals surface area contributed by atoms with Crippen molar-refractivity contribution in [2.45, 2.75) is 0 Å².